The second-order valence-corrected chi connectivity index (χ2v) is 8.17. The molecular formula is C19H34O3. The van der Waals surface area contributed by atoms with Gasteiger partial charge in [0.05, 0.1) is 6.10 Å². The molecule has 0 aliphatic heterocycles. The Labute approximate surface area is 135 Å². The van der Waals surface area contributed by atoms with Crippen molar-refractivity contribution in [2.45, 2.75) is 91.3 Å². The molecule has 5 atom stereocenters. The molecule has 3 nitrogen and oxygen atoms in total. The second-order valence-electron chi connectivity index (χ2n) is 8.17. The predicted octanol–water partition coefficient (Wildman–Crippen LogP) is 4.32. The number of fused-ring (bicyclic) bond motifs is 1. The molecule has 3 heteroatoms. The molecule has 0 amide bonds. The number of aliphatic hydroxyl groups is 1. The molecule has 0 saturated heterocycles. The quantitative estimate of drug-likeness (QED) is 0.743. The Morgan fingerprint density at radius 3 is 2.68 bits per heavy atom. The van der Waals surface area contributed by atoms with Gasteiger partial charge in [0.2, 0.25) is 0 Å². The molecule has 0 aromatic heterocycles. The Balaban J connectivity index is 1.91. The van der Waals surface area contributed by atoms with Crippen LogP contribution in [-0.4, -0.2) is 23.3 Å². The van der Waals surface area contributed by atoms with Crippen molar-refractivity contribution in [2.24, 2.45) is 23.2 Å². The van der Waals surface area contributed by atoms with Gasteiger partial charge in [-0.3, -0.25) is 4.79 Å². The first kappa shape index (κ1) is 17.8. The third kappa shape index (κ3) is 3.84. The van der Waals surface area contributed by atoms with Crippen molar-refractivity contribution in [3.05, 3.63) is 0 Å². The van der Waals surface area contributed by atoms with Gasteiger partial charge in [0.15, 0.2) is 0 Å². The summed E-state index contributed by atoms with van der Waals surface area (Å²) < 4.78 is 5.61. The maximum absolute atomic E-state index is 11.3. The van der Waals surface area contributed by atoms with E-state index in [9.17, 15) is 9.90 Å². The van der Waals surface area contributed by atoms with Crippen LogP contribution in [0.1, 0.15) is 79.1 Å². The van der Waals surface area contributed by atoms with Crippen LogP contribution < -0.4 is 0 Å². The molecule has 0 bridgehead atoms. The number of carbonyl (C=O) groups is 1. The maximum Gasteiger partial charge on any atom is 0.302 e. The van der Waals surface area contributed by atoms with Crippen LogP contribution in [0.25, 0.3) is 0 Å². The molecule has 2 aliphatic carbocycles. The van der Waals surface area contributed by atoms with Gasteiger partial charge in [-0.15, -0.1) is 0 Å². The number of rotatable bonds is 6. The highest BCUT2D eigenvalue weighted by atomic mass is 16.5. The summed E-state index contributed by atoms with van der Waals surface area (Å²) in [7, 11) is 0. The van der Waals surface area contributed by atoms with Gasteiger partial charge in [-0.2, -0.15) is 0 Å². The van der Waals surface area contributed by atoms with Crippen LogP contribution >= 0.6 is 0 Å². The number of hydrogen-bond donors (Lipinski definition) is 1. The molecule has 0 spiro atoms. The average molecular weight is 310 g/mol. The zero-order chi connectivity index (χ0) is 16.3. The third-order valence-electron chi connectivity index (χ3n) is 6.40. The molecule has 0 heterocycles. The van der Waals surface area contributed by atoms with E-state index in [4.69, 9.17) is 4.74 Å². The van der Waals surface area contributed by atoms with E-state index in [1.807, 2.05) is 0 Å². The average Bonchev–Trinajstić information content (AvgIpc) is 2.76. The van der Waals surface area contributed by atoms with Gasteiger partial charge in [0, 0.05) is 12.8 Å². The maximum atomic E-state index is 11.3. The molecule has 1 N–H and O–H groups in total. The third-order valence-corrected chi connectivity index (χ3v) is 6.40. The van der Waals surface area contributed by atoms with Gasteiger partial charge >= 0.3 is 5.97 Å². The molecule has 2 saturated carbocycles. The molecule has 3 unspecified atom stereocenters. The van der Waals surface area contributed by atoms with Crippen molar-refractivity contribution in [3.8, 4) is 0 Å². The van der Waals surface area contributed by atoms with Crippen LogP contribution in [0.3, 0.4) is 0 Å². The monoisotopic (exact) mass is 310 g/mol. The van der Waals surface area contributed by atoms with Crippen LogP contribution in [0, 0.1) is 23.2 Å². The highest BCUT2D eigenvalue weighted by Crippen LogP contribution is 2.57. The summed E-state index contributed by atoms with van der Waals surface area (Å²) in [5.41, 5.74) is 0.334. The summed E-state index contributed by atoms with van der Waals surface area (Å²) in [4.78, 5) is 11.3. The van der Waals surface area contributed by atoms with E-state index in [-0.39, 0.29) is 18.2 Å². The lowest BCUT2D eigenvalue weighted by Gasteiger charge is -2.44. The summed E-state index contributed by atoms with van der Waals surface area (Å²) in [6.07, 6.45) is 9.17. The predicted molar refractivity (Wildman–Crippen MR) is 88.4 cm³/mol. The molecule has 0 aromatic carbocycles. The minimum Gasteiger partial charge on any atom is -0.462 e. The van der Waals surface area contributed by atoms with Gasteiger partial charge in [-0.1, -0.05) is 27.2 Å². The van der Waals surface area contributed by atoms with Crippen LogP contribution in [0.15, 0.2) is 0 Å². The van der Waals surface area contributed by atoms with Crippen LogP contribution in [0.5, 0.6) is 0 Å². The van der Waals surface area contributed by atoms with Crippen molar-refractivity contribution in [2.75, 3.05) is 0 Å². The first-order valence-electron chi connectivity index (χ1n) is 9.20. The fourth-order valence-corrected chi connectivity index (χ4v) is 4.96. The number of esters is 1. The van der Waals surface area contributed by atoms with E-state index in [0.717, 1.165) is 25.2 Å². The van der Waals surface area contributed by atoms with E-state index in [0.29, 0.717) is 17.3 Å². The fraction of sp³-hybridized carbons (Fsp3) is 0.947. The zero-order valence-electron chi connectivity index (χ0n) is 14.8. The minimum absolute atomic E-state index is 0.127. The van der Waals surface area contributed by atoms with E-state index in [2.05, 4.69) is 20.8 Å². The Bertz CT molecular complexity index is 379. The van der Waals surface area contributed by atoms with Crippen LogP contribution in [-0.2, 0) is 9.53 Å². The summed E-state index contributed by atoms with van der Waals surface area (Å²) in [5, 5.41) is 9.98. The lowest BCUT2D eigenvalue weighted by atomic mass is 9.63. The Morgan fingerprint density at radius 1 is 1.32 bits per heavy atom. The van der Waals surface area contributed by atoms with Crippen LogP contribution in [0.4, 0.5) is 0 Å². The smallest absolute Gasteiger partial charge is 0.302 e. The minimum atomic E-state index is -0.162. The number of carbonyl (C=O) groups excluding carboxylic acids is 1. The number of aliphatic hydroxyl groups excluding tert-OH is 1. The fourth-order valence-electron chi connectivity index (χ4n) is 4.96. The highest BCUT2D eigenvalue weighted by molar-refractivity contribution is 5.66. The van der Waals surface area contributed by atoms with E-state index < -0.39 is 0 Å². The van der Waals surface area contributed by atoms with Crippen molar-refractivity contribution < 1.29 is 14.6 Å². The highest BCUT2D eigenvalue weighted by Gasteiger charge is 2.51. The lowest BCUT2D eigenvalue weighted by Crippen LogP contribution is -2.41. The van der Waals surface area contributed by atoms with E-state index in [1.165, 1.54) is 39.0 Å². The van der Waals surface area contributed by atoms with Crippen LogP contribution in [0.2, 0.25) is 0 Å². The van der Waals surface area contributed by atoms with E-state index in [1.54, 1.807) is 0 Å². The summed E-state index contributed by atoms with van der Waals surface area (Å²) in [6, 6.07) is 0. The first-order chi connectivity index (χ1) is 10.3. The van der Waals surface area contributed by atoms with Crippen molar-refractivity contribution in [3.63, 3.8) is 0 Å². The Morgan fingerprint density at radius 2 is 2.05 bits per heavy atom. The van der Waals surface area contributed by atoms with Gasteiger partial charge in [-0.05, 0) is 62.2 Å². The molecule has 2 aliphatic rings. The molecule has 22 heavy (non-hydrogen) atoms. The lowest BCUT2D eigenvalue weighted by molar-refractivity contribution is -0.155. The molecule has 128 valence electrons. The molecular weight excluding hydrogens is 276 g/mol. The van der Waals surface area contributed by atoms with Gasteiger partial charge in [0.1, 0.15) is 6.10 Å². The summed E-state index contributed by atoms with van der Waals surface area (Å²) >= 11 is 0. The topological polar surface area (TPSA) is 46.5 Å². The van der Waals surface area contributed by atoms with Gasteiger partial charge in [-0.25, -0.2) is 0 Å². The molecule has 0 radical (unpaired) electrons. The molecule has 0 aromatic rings. The second kappa shape index (κ2) is 7.33. The van der Waals surface area contributed by atoms with Crippen molar-refractivity contribution >= 4 is 5.97 Å². The Kier molecular flexibility index (Phi) is 5.93. The zero-order valence-corrected chi connectivity index (χ0v) is 14.8. The Hall–Kier alpha value is -0.570. The normalized spacial score (nSPS) is 36.2. The van der Waals surface area contributed by atoms with Crippen molar-refractivity contribution in [1.82, 2.24) is 0 Å². The summed E-state index contributed by atoms with van der Waals surface area (Å²) in [6.45, 7) is 8.13. The number of hydrogen-bond acceptors (Lipinski definition) is 3. The molecule has 2 rings (SSSR count). The van der Waals surface area contributed by atoms with Gasteiger partial charge < -0.3 is 9.84 Å². The SMILES string of the molecule is CC(=O)OC1CCC[C@@]2(C)C1CC[C@@H]2CCCC(O)C(C)C. The largest absolute Gasteiger partial charge is 0.462 e. The van der Waals surface area contributed by atoms with Crippen molar-refractivity contribution in [1.29, 1.82) is 0 Å². The summed E-state index contributed by atoms with van der Waals surface area (Å²) in [5.74, 6) is 1.51. The van der Waals surface area contributed by atoms with E-state index >= 15 is 0 Å². The van der Waals surface area contributed by atoms with Gasteiger partial charge in [0.25, 0.3) is 0 Å². The standard InChI is InChI=1S/C19H34O3/c1-13(2)17(21)8-5-7-15-10-11-16-18(22-14(3)20)9-6-12-19(15,16)4/h13,15-18,21H,5-12H2,1-4H3/t15-,16?,17?,18?,19+/m0/s1. The first-order valence-corrected chi connectivity index (χ1v) is 9.20. The number of ether oxygens (including phenoxy) is 1. The molecule has 2 fully saturated rings.